The standard InChI is InChI=1S/C44H49ClFN7O6/c1-43(2)41(44(3,4)42(43)59-29-13-11-26(24-47)32(45)21-29)53-36(54)15-14-34(40(53)58)52-38(56)30-22-33(46)35(23-31(30)39(52)57)51-19-17-50(18-20-51)16-8-6-5-7-9-28-12-10-27(25-49-28)37(48)55/h10-13,21-23,25,34,41-42H,5-9,14-20H2,1-4H3,(H2,48,55). The minimum Gasteiger partial charge on any atom is -0.489 e. The number of piperazine rings is 1. The number of rotatable bonds is 13. The number of carbonyl (C=O) groups is 5. The fourth-order valence-electron chi connectivity index (χ4n) is 9.89. The number of primary amides is 1. The van der Waals surface area contributed by atoms with Crippen molar-refractivity contribution in [1.82, 2.24) is 19.7 Å². The van der Waals surface area contributed by atoms with E-state index in [1.54, 1.807) is 24.3 Å². The summed E-state index contributed by atoms with van der Waals surface area (Å²) in [4.78, 5) is 77.6. The maximum absolute atomic E-state index is 15.8. The number of hydrogen-bond donors (Lipinski definition) is 1. The first-order valence-electron chi connectivity index (χ1n) is 20.2. The molecule has 3 fully saturated rings. The van der Waals surface area contributed by atoms with Crippen LogP contribution < -0.4 is 15.4 Å². The summed E-state index contributed by atoms with van der Waals surface area (Å²) in [6.07, 6.45) is 5.90. The zero-order chi connectivity index (χ0) is 42.4. The summed E-state index contributed by atoms with van der Waals surface area (Å²) >= 11 is 6.26. The SMILES string of the molecule is CC1(C)C(Oc2ccc(C#N)c(Cl)c2)C(C)(C)C1N1C(=O)CCC(N2C(=O)c3cc(F)c(N4CCN(CCCCCCc5ccc(C(N)=O)cn5)CC4)cc3C2=O)C1=O. The van der Waals surface area contributed by atoms with Crippen molar-refractivity contribution in [1.29, 1.82) is 5.26 Å². The molecule has 0 bridgehead atoms. The molecule has 2 saturated heterocycles. The largest absolute Gasteiger partial charge is 0.489 e. The Hall–Kier alpha value is -5.39. The number of likely N-dealkylation sites (tertiary alicyclic amines) is 1. The number of ether oxygens (including phenoxy) is 1. The lowest BCUT2D eigenvalue weighted by Crippen LogP contribution is -2.77. The van der Waals surface area contributed by atoms with E-state index in [0.29, 0.717) is 43.1 Å². The number of aryl methyl sites for hydroxylation is 1. The van der Waals surface area contributed by atoms with Crippen molar-refractivity contribution in [3.05, 3.63) is 87.4 Å². The number of nitriles is 1. The van der Waals surface area contributed by atoms with Crippen LogP contribution in [-0.4, -0.2) is 100 Å². The molecule has 0 spiro atoms. The van der Waals surface area contributed by atoms with Crippen molar-refractivity contribution < 1.29 is 33.1 Å². The highest BCUT2D eigenvalue weighted by Gasteiger charge is 2.68. The molecule has 1 atom stereocenters. The lowest BCUT2D eigenvalue weighted by atomic mass is 9.48. The number of hydrogen-bond acceptors (Lipinski definition) is 10. The van der Waals surface area contributed by atoms with Crippen LogP contribution in [0.1, 0.15) is 109 Å². The molecule has 4 aliphatic rings. The highest BCUT2D eigenvalue weighted by molar-refractivity contribution is 6.31. The van der Waals surface area contributed by atoms with Crippen LogP contribution in [0, 0.1) is 28.0 Å². The first-order chi connectivity index (χ1) is 28.0. The number of unbranched alkanes of at least 4 members (excludes halogenated alkanes) is 3. The second-order valence-electron chi connectivity index (χ2n) is 17.2. The monoisotopic (exact) mass is 825 g/mol. The minimum absolute atomic E-state index is 0.0302. The van der Waals surface area contributed by atoms with Crippen molar-refractivity contribution >= 4 is 46.8 Å². The molecule has 1 aromatic heterocycles. The molecule has 7 rings (SSSR count). The van der Waals surface area contributed by atoms with Gasteiger partial charge in [-0.25, -0.2) is 4.39 Å². The van der Waals surface area contributed by atoms with Gasteiger partial charge in [0.2, 0.25) is 11.8 Å². The number of nitrogens with zero attached hydrogens (tertiary/aromatic N) is 6. The van der Waals surface area contributed by atoms with E-state index in [4.69, 9.17) is 22.1 Å². The topological polar surface area (TPSA) is 170 Å². The third-order valence-electron chi connectivity index (χ3n) is 12.5. The van der Waals surface area contributed by atoms with E-state index in [2.05, 4.69) is 9.88 Å². The molecular weight excluding hydrogens is 777 g/mol. The quantitative estimate of drug-likeness (QED) is 0.165. The normalized spacial score (nSPS) is 22.6. The Kier molecular flexibility index (Phi) is 11.6. The van der Waals surface area contributed by atoms with Gasteiger partial charge in [0, 0.05) is 61.4 Å². The number of aromatic nitrogens is 1. The highest BCUT2D eigenvalue weighted by Crippen LogP contribution is 2.58. The van der Waals surface area contributed by atoms with Gasteiger partial charge in [-0.2, -0.15) is 5.26 Å². The van der Waals surface area contributed by atoms with Gasteiger partial charge in [0.15, 0.2) is 0 Å². The first kappa shape index (κ1) is 41.8. The Morgan fingerprint density at radius 2 is 1.61 bits per heavy atom. The molecular formula is C44H49ClFN7O6. The average Bonchev–Trinajstić information content (AvgIpc) is 3.43. The van der Waals surface area contributed by atoms with Crippen molar-refractivity contribution in [2.45, 2.75) is 90.8 Å². The summed E-state index contributed by atoms with van der Waals surface area (Å²) in [5.74, 6) is -3.14. The average molecular weight is 826 g/mol. The van der Waals surface area contributed by atoms with Crippen LogP contribution in [0.3, 0.4) is 0 Å². The summed E-state index contributed by atoms with van der Waals surface area (Å²) in [5, 5.41) is 9.51. The molecule has 1 saturated carbocycles. The predicted molar refractivity (Wildman–Crippen MR) is 217 cm³/mol. The van der Waals surface area contributed by atoms with Crippen LogP contribution in [0.4, 0.5) is 10.1 Å². The van der Waals surface area contributed by atoms with Gasteiger partial charge in [-0.3, -0.25) is 43.7 Å². The third-order valence-corrected chi connectivity index (χ3v) is 12.8. The molecule has 310 valence electrons. The van der Waals surface area contributed by atoms with Gasteiger partial charge in [-0.05, 0) is 68.6 Å². The maximum atomic E-state index is 15.8. The number of halogens is 2. The highest BCUT2D eigenvalue weighted by atomic mass is 35.5. The van der Waals surface area contributed by atoms with E-state index in [-0.39, 0.29) is 34.7 Å². The van der Waals surface area contributed by atoms with Gasteiger partial charge in [0.05, 0.1) is 39.0 Å². The number of anilines is 1. The Bertz CT molecular complexity index is 2220. The second-order valence-corrected chi connectivity index (χ2v) is 17.6. The van der Waals surface area contributed by atoms with Crippen LogP contribution in [0.2, 0.25) is 5.02 Å². The van der Waals surface area contributed by atoms with E-state index in [1.165, 1.54) is 17.2 Å². The number of piperidine rings is 1. The van der Waals surface area contributed by atoms with Crippen LogP contribution in [0.5, 0.6) is 5.75 Å². The van der Waals surface area contributed by atoms with E-state index in [0.717, 1.165) is 55.3 Å². The molecule has 1 unspecified atom stereocenters. The lowest BCUT2D eigenvalue weighted by molar-refractivity contribution is -0.216. The van der Waals surface area contributed by atoms with Crippen molar-refractivity contribution in [2.75, 3.05) is 37.6 Å². The van der Waals surface area contributed by atoms with Crippen LogP contribution in [0.15, 0.2) is 48.7 Å². The second kappa shape index (κ2) is 16.3. The molecule has 0 radical (unpaired) electrons. The molecule has 4 heterocycles. The minimum atomic E-state index is -1.23. The molecule has 59 heavy (non-hydrogen) atoms. The summed E-state index contributed by atoms with van der Waals surface area (Å²) in [5.41, 5.74) is 5.62. The van der Waals surface area contributed by atoms with Crippen LogP contribution >= 0.6 is 11.6 Å². The van der Waals surface area contributed by atoms with Gasteiger partial charge in [-0.15, -0.1) is 0 Å². The Balaban J connectivity index is 0.953. The summed E-state index contributed by atoms with van der Waals surface area (Å²) in [7, 11) is 0. The summed E-state index contributed by atoms with van der Waals surface area (Å²) in [6, 6.07) is 11.0. The van der Waals surface area contributed by atoms with Crippen molar-refractivity contribution in [2.24, 2.45) is 16.6 Å². The van der Waals surface area contributed by atoms with Crippen LogP contribution in [0.25, 0.3) is 0 Å². The van der Waals surface area contributed by atoms with E-state index in [9.17, 15) is 29.2 Å². The molecule has 3 aliphatic heterocycles. The molecule has 1 aliphatic carbocycles. The number of amides is 5. The number of nitrogens with two attached hydrogens (primary N) is 1. The van der Waals surface area contributed by atoms with Crippen molar-refractivity contribution in [3.8, 4) is 11.8 Å². The van der Waals surface area contributed by atoms with Crippen LogP contribution in [-0.2, 0) is 16.0 Å². The lowest BCUT2D eigenvalue weighted by Gasteiger charge is -2.65. The van der Waals surface area contributed by atoms with Gasteiger partial charge in [0.1, 0.15) is 29.8 Å². The smallest absolute Gasteiger partial charge is 0.262 e. The van der Waals surface area contributed by atoms with Gasteiger partial charge >= 0.3 is 0 Å². The predicted octanol–water partition coefficient (Wildman–Crippen LogP) is 5.77. The Morgan fingerprint density at radius 1 is 0.932 bits per heavy atom. The fourth-order valence-corrected chi connectivity index (χ4v) is 10.1. The number of benzene rings is 2. The van der Waals surface area contributed by atoms with E-state index >= 15 is 4.39 Å². The number of pyridine rings is 1. The van der Waals surface area contributed by atoms with Gasteiger partial charge in [0.25, 0.3) is 17.7 Å². The Morgan fingerprint density at radius 3 is 2.24 bits per heavy atom. The maximum Gasteiger partial charge on any atom is 0.262 e. The van der Waals surface area contributed by atoms with Gasteiger partial charge < -0.3 is 15.4 Å². The summed E-state index contributed by atoms with van der Waals surface area (Å²) in [6.45, 7) is 11.0. The number of imide groups is 2. The molecule has 3 aromatic rings. The zero-order valence-corrected chi connectivity index (χ0v) is 34.6. The molecule has 2 N–H and O–H groups in total. The first-order valence-corrected chi connectivity index (χ1v) is 20.6. The zero-order valence-electron chi connectivity index (χ0n) is 33.8. The molecule has 13 nitrogen and oxygen atoms in total. The molecule has 5 amide bonds. The van der Waals surface area contributed by atoms with Crippen molar-refractivity contribution in [3.63, 3.8) is 0 Å². The number of carbonyl (C=O) groups excluding carboxylic acids is 5. The fraction of sp³-hybridized carbons (Fsp3) is 0.477. The van der Waals surface area contributed by atoms with E-state index < -0.39 is 64.4 Å². The summed E-state index contributed by atoms with van der Waals surface area (Å²) < 4.78 is 22.1. The molecule has 2 aromatic carbocycles. The number of fused-ring (bicyclic) bond motifs is 1. The Labute approximate surface area is 348 Å². The molecule has 15 heteroatoms. The third kappa shape index (κ3) is 7.78. The van der Waals surface area contributed by atoms with E-state index in [1.807, 2.05) is 44.7 Å². The van der Waals surface area contributed by atoms with Gasteiger partial charge in [-0.1, -0.05) is 52.1 Å².